The van der Waals surface area contributed by atoms with Crippen LogP contribution >= 0.6 is 0 Å². The first-order chi connectivity index (χ1) is 7.26. The van der Waals surface area contributed by atoms with Gasteiger partial charge in [-0.3, -0.25) is 10.1 Å². The predicted molar refractivity (Wildman–Crippen MR) is 61.4 cm³/mol. The normalized spacial score (nSPS) is 11.0. The number of sulfonamides is 1. The molecule has 0 amide bonds. The molecule has 1 rings (SSSR count). The number of nitro benzene ring substituents is 1. The first-order valence-corrected chi connectivity index (χ1v) is 5.60. The van der Waals surface area contributed by atoms with Crippen molar-refractivity contribution in [3.05, 3.63) is 28.3 Å². The van der Waals surface area contributed by atoms with E-state index in [0.29, 0.717) is 0 Å². The Morgan fingerprint density at radius 2 is 1.88 bits per heavy atom. The molecule has 1 aromatic carbocycles. The van der Waals surface area contributed by atoms with Gasteiger partial charge in [-0.15, -0.1) is 0 Å². The van der Waals surface area contributed by atoms with Crippen LogP contribution in [-0.2, 0) is 10.0 Å². The van der Waals surface area contributed by atoms with Crippen LogP contribution in [0.2, 0.25) is 0 Å². The third-order valence-corrected chi connectivity index (χ3v) is 3.73. The molecule has 0 aromatic heterocycles. The fraction of sp³-hybridized carbons (Fsp3) is 0.250. The number of benzene rings is 1. The molecule has 17 heavy (non-hydrogen) atoms. The van der Waals surface area contributed by atoms with Gasteiger partial charge >= 0.3 is 5.69 Å². The van der Waals surface area contributed by atoms with Crippen molar-refractivity contribution in [1.29, 1.82) is 0 Å². The molecule has 1 radical (unpaired) electrons. The van der Waals surface area contributed by atoms with Crippen molar-refractivity contribution < 1.29 is 18.4 Å². The molecule has 0 unspecified atom stereocenters. The van der Waals surface area contributed by atoms with Crippen molar-refractivity contribution in [1.82, 2.24) is 4.31 Å². The maximum atomic E-state index is 11.6. The molecule has 0 atom stereocenters. The van der Waals surface area contributed by atoms with Crippen LogP contribution in [0.4, 0.5) is 5.69 Å². The van der Waals surface area contributed by atoms with E-state index in [1.807, 2.05) is 0 Å². The van der Waals surface area contributed by atoms with Gasteiger partial charge in [-0.25, -0.2) is 12.7 Å². The molecule has 0 aliphatic rings. The number of phenolic OH excluding ortho intramolecular Hbond substituents is 1. The summed E-state index contributed by atoms with van der Waals surface area (Å²) in [5, 5.41) is 19.7. The van der Waals surface area contributed by atoms with Crippen LogP contribution in [0.15, 0.2) is 23.1 Å². The molecular formula is C8H10N2NaO5S. The summed E-state index contributed by atoms with van der Waals surface area (Å²) < 4.78 is 24.2. The van der Waals surface area contributed by atoms with Crippen molar-refractivity contribution in [2.24, 2.45) is 0 Å². The standard InChI is InChI=1S/C8H10N2O5S.Na/c1-9(2)16(14,15)6-3-4-8(11)7(5-6)10(12)13;/h3-5,11H,1-2H3;. The van der Waals surface area contributed by atoms with Gasteiger partial charge < -0.3 is 5.11 Å². The third-order valence-electron chi connectivity index (χ3n) is 1.92. The van der Waals surface area contributed by atoms with Crippen LogP contribution < -0.4 is 0 Å². The average Bonchev–Trinajstić information content (AvgIpc) is 2.17. The van der Waals surface area contributed by atoms with Gasteiger partial charge in [-0.05, 0) is 12.1 Å². The maximum absolute atomic E-state index is 11.6. The van der Waals surface area contributed by atoms with Crippen molar-refractivity contribution >= 4 is 45.3 Å². The predicted octanol–water partition coefficient (Wildman–Crippen LogP) is 0.170. The van der Waals surface area contributed by atoms with E-state index in [-0.39, 0.29) is 34.5 Å². The zero-order chi connectivity index (χ0) is 12.5. The number of nitrogens with zero attached hydrogens (tertiary/aromatic N) is 2. The van der Waals surface area contributed by atoms with Gasteiger partial charge in [-0.2, -0.15) is 0 Å². The third kappa shape index (κ3) is 3.39. The van der Waals surface area contributed by atoms with Gasteiger partial charge in [0, 0.05) is 49.7 Å². The number of rotatable bonds is 3. The van der Waals surface area contributed by atoms with Crippen LogP contribution in [-0.4, -0.2) is 66.4 Å². The summed E-state index contributed by atoms with van der Waals surface area (Å²) in [5.41, 5.74) is -0.636. The minimum atomic E-state index is -3.73. The molecule has 0 aliphatic heterocycles. The van der Waals surface area contributed by atoms with E-state index < -0.39 is 26.4 Å². The van der Waals surface area contributed by atoms with Crippen molar-refractivity contribution in [2.75, 3.05) is 14.1 Å². The topological polar surface area (TPSA) is 101 Å². The maximum Gasteiger partial charge on any atom is 0.312 e. The van der Waals surface area contributed by atoms with Crippen molar-refractivity contribution in [3.63, 3.8) is 0 Å². The molecule has 0 spiro atoms. The molecule has 0 fully saturated rings. The minimum Gasteiger partial charge on any atom is -0.502 e. The Kier molecular flexibility index (Phi) is 5.56. The summed E-state index contributed by atoms with van der Waals surface area (Å²) in [6.45, 7) is 0. The Morgan fingerprint density at radius 3 is 2.29 bits per heavy atom. The molecule has 9 heteroatoms. The second-order valence-electron chi connectivity index (χ2n) is 3.20. The smallest absolute Gasteiger partial charge is 0.312 e. The summed E-state index contributed by atoms with van der Waals surface area (Å²) in [7, 11) is -1.10. The Morgan fingerprint density at radius 1 is 1.35 bits per heavy atom. The van der Waals surface area contributed by atoms with E-state index in [2.05, 4.69) is 0 Å². The Bertz CT molecular complexity index is 529. The fourth-order valence-corrected chi connectivity index (χ4v) is 1.94. The van der Waals surface area contributed by atoms with E-state index >= 15 is 0 Å². The number of aromatic hydroxyl groups is 1. The fourth-order valence-electron chi connectivity index (χ4n) is 1.02. The summed E-state index contributed by atoms with van der Waals surface area (Å²) >= 11 is 0. The molecule has 0 saturated carbocycles. The summed E-state index contributed by atoms with van der Waals surface area (Å²) in [4.78, 5) is 9.43. The van der Waals surface area contributed by atoms with E-state index in [4.69, 9.17) is 5.11 Å². The van der Waals surface area contributed by atoms with E-state index in [1.165, 1.54) is 14.1 Å². The monoisotopic (exact) mass is 269 g/mol. The number of phenols is 1. The second kappa shape index (κ2) is 5.78. The molecule has 7 nitrogen and oxygen atoms in total. The molecular weight excluding hydrogens is 259 g/mol. The van der Waals surface area contributed by atoms with E-state index in [0.717, 1.165) is 22.5 Å². The molecule has 0 heterocycles. The van der Waals surface area contributed by atoms with Crippen LogP contribution in [0.3, 0.4) is 0 Å². The second-order valence-corrected chi connectivity index (χ2v) is 5.35. The zero-order valence-corrected chi connectivity index (χ0v) is 12.4. The van der Waals surface area contributed by atoms with Crippen LogP contribution in [0, 0.1) is 10.1 Å². The molecule has 0 bridgehead atoms. The van der Waals surface area contributed by atoms with E-state index in [9.17, 15) is 18.5 Å². The Balaban J connectivity index is 0.00000256. The summed E-state index contributed by atoms with van der Waals surface area (Å²) in [6.07, 6.45) is 0. The quantitative estimate of drug-likeness (QED) is 0.479. The van der Waals surface area contributed by atoms with Crippen LogP contribution in [0.25, 0.3) is 0 Å². The van der Waals surface area contributed by atoms with Gasteiger partial charge in [-0.1, -0.05) is 0 Å². The first-order valence-electron chi connectivity index (χ1n) is 4.16. The van der Waals surface area contributed by atoms with Gasteiger partial charge in [0.25, 0.3) is 0 Å². The molecule has 1 aromatic rings. The Labute approximate surface area is 121 Å². The van der Waals surface area contributed by atoms with Gasteiger partial charge in [0.15, 0.2) is 5.75 Å². The van der Waals surface area contributed by atoms with Crippen LogP contribution in [0.1, 0.15) is 0 Å². The molecule has 0 aliphatic carbocycles. The molecule has 0 saturated heterocycles. The average molecular weight is 269 g/mol. The largest absolute Gasteiger partial charge is 0.502 e. The number of hydrogen-bond acceptors (Lipinski definition) is 5. The van der Waals surface area contributed by atoms with Crippen molar-refractivity contribution in [3.8, 4) is 5.75 Å². The van der Waals surface area contributed by atoms with Gasteiger partial charge in [0.2, 0.25) is 10.0 Å². The zero-order valence-electron chi connectivity index (χ0n) is 9.61. The van der Waals surface area contributed by atoms with Crippen molar-refractivity contribution in [2.45, 2.75) is 4.90 Å². The molecule has 89 valence electrons. The minimum absolute atomic E-state index is 0. The first kappa shape index (κ1) is 16.3. The van der Waals surface area contributed by atoms with E-state index in [1.54, 1.807) is 0 Å². The number of hydrogen-bond donors (Lipinski definition) is 1. The number of nitro groups is 1. The SMILES string of the molecule is CN(C)S(=O)(=O)c1ccc(O)c([N+](=O)[O-])c1.[Na]. The van der Waals surface area contributed by atoms with Gasteiger partial charge in [0.05, 0.1) is 9.82 Å². The molecule has 1 N–H and O–H groups in total. The Hall–Kier alpha value is -0.670. The summed E-state index contributed by atoms with van der Waals surface area (Å²) in [5.74, 6) is -0.567. The van der Waals surface area contributed by atoms with Gasteiger partial charge in [0.1, 0.15) is 0 Å². The van der Waals surface area contributed by atoms with Crippen LogP contribution in [0.5, 0.6) is 5.75 Å². The summed E-state index contributed by atoms with van der Waals surface area (Å²) in [6, 6.07) is 2.91.